The molecule has 2 aliphatic carbocycles. The lowest BCUT2D eigenvalue weighted by atomic mass is 9.85. The van der Waals surface area contributed by atoms with Crippen molar-refractivity contribution in [3.8, 4) is 0 Å². The van der Waals surface area contributed by atoms with Crippen LogP contribution in [0.2, 0.25) is 0 Å². The van der Waals surface area contributed by atoms with E-state index in [0.29, 0.717) is 5.69 Å². The molecule has 2 fully saturated rings. The number of carboxylic acid groups (broad SMARTS) is 1. The first kappa shape index (κ1) is 19.3. The molecule has 148 valence electrons. The number of aliphatic carboxylic acids is 1. The first-order valence-corrected chi connectivity index (χ1v) is 9.70. The zero-order valence-electron chi connectivity index (χ0n) is 15.4. The van der Waals surface area contributed by atoms with Gasteiger partial charge in [-0.1, -0.05) is 18.1 Å². The minimum atomic E-state index is -0.993. The highest BCUT2D eigenvalue weighted by molar-refractivity contribution is 5.80. The summed E-state index contributed by atoms with van der Waals surface area (Å²) in [5.74, 6) is -0.709. The third-order valence-electron chi connectivity index (χ3n) is 5.50. The summed E-state index contributed by atoms with van der Waals surface area (Å²) in [6.07, 6.45) is 8.98. The minimum Gasteiger partial charge on any atom is -0.480 e. The Morgan fingerprint density at radius 2 is 1.70 bits per heavy atom. The average molecular weight is 377 g/mol. The van der Waals surface area contributed by atoms with Gasteiger partial charge in [-0.05, 0) is 38.5 Å². The van der Waals surface area contributed by atoms with Gasteiger partial charge in [0.2, 0.25) is 11.8 Å². The number of aromatic nitrogens is 3. The SMILES string of the molecule is O=C(O)Cn1cc(CNC(=O)C2CCC(NC(=O)C3CCCC3)CC2)nn1. The van der Waals surface area contributed by atoms with E-state index in [4.69, 9.17) is 5.11 Å². The first-order chi connectivity index (χ1) is 13.0. The highest BCUT2D eigenvalue weighted by atomic mass is 16.4. The van der Waals surface area contributed by atoms with Gasteiger partial charge in [0.1, 0.15) is 12.2 Å². The van der Waals surface area contributed by atoms with Crippen LogP contribution in [0.4, 0.5) is 0 Å². The average Bonchev–Trinajstić information content (AvgIpc) is 3.32. The van der Waals surface area contributed by atoms with E-state index in [1.54, 1.807) is 0 Å². The predicted octanol–water partition coefficient (Wildman–Crippen LogP) is 0.844. The van der Waals surface area contributed by atoms with Crippen molar-refractivity contribution in [3.63, 3.8) is 0 Å². The molecule has 0 unspecified atom stereocenters. The van der Waals surface area contributed by atoms with Crippen LogP contribution in [0.5, 0.6) is 0 Å². The molecule has 3 rings (SSSR count). The number of carbonyl (C=O) groups is 3. The molecule has 0 bridgehead atoms. The van der Waals surface area contributed by atoms with Crippen molar-refractivity contribution in [1.29, 1.82) is 0 Å². The Balaban J connectivity index is 1.37. The van der Waals surface area contributed by atoms with Crippen molar-refractivity contribution in [3.05, 3.63) is 11.9 Å². The molecule has 1 aromatic heterocycles. The van der Waals surface area contributed by atoms with E-state index in [1.165, 1.54) is 10.9 Å². The van der Waals surface area contributed by atoms with E-state index >= 15 is 0 Å². The molecule has 0 radical (unpaired) electrons. The van der Waals surface area contributed by atoms with Gasteiger partial charge < -0.3 is 15.7 Å². The fourth-order valence-corrected chi connectivity index (χ4v) is 3.96. The highest BCUT2D eigenvalue weighted by Gasteiger charge is 2.29. The lowest BCUT2D eigenvalue weighted by Gasteiger charge is -2.29. The van der Waals surface area contributed by atoms with Gasteiger partial charge in [0, 0.05) is 17.9 Å². The molecular formula is C18H27N5O4. The van der Waals surface area contributed by atoms with Gasteiger partial charge in [0.25, 0.3) is 0 Å². The standard InChI is InChI=1S/C18H27N5O4/c24-16(25)11-23-10-15(21-22-23)9-19-17(26)13-5-7-14(8-6-13)20-18(27)12-3-1-2-4-12/h10,12-14H,1-9,11H2,(H,19,26)(H,20,27)(H,24,25). The molecule has 2 amide bonds. The molecule has 2 saturated carbocycles. The molecule has 1 heterocycles. The fourth-order valence-electron chi connectivity index (χ4n) is 3.96. The molecule has 2 aliphatic rings. The molecule has 27 heavy (non-hydrogen) atoms. The zero-order valence-corrected chi connectivity index (χ0v) is 15.4. The summed E-state index contributed by atoms with van der Waals surface area (Å²) in [6, 6.07) is 0.179. The zero-order chi connectivity index (χ0) is 19.2. The highest BCUT2D eigenvalue weighted by Crippen LogP contribution is 2.27. The van der Waals surface area contributed by atoms with Gasteiger partial charge >= 0.3 is 5.97 Å². The van der Waals surface area contributed by atoms with Crippen LogP contribution in [-0.4, -0.2) is 43.9 Å². The lowest BCUT2D eigenvalue weighted by molar-refractivity contribution is -0.138. The van der Waals surface area contributed by atoms with E-state index in [1.807, 2.05) is 0 Å². The second kappa shape index (κ2) is 8.96. The lowest BCUT2D eigenvalue weighted by Crippen LogP contribution is -2.42. The van der Waals surface area contributed by atoms with E-state index in [-0.39, 0.29) is 42.8 Å². The van der Waals surface area contributed by atoms with Crippen molar-refractivity contribution in [2.24, 2.45) is 11.8 Å². The van der Waals surface area contributed by atoms with Gasteiger partial charge in [-0.25, -0.2) is 4.68 Å². The van der Waals surface area contributed by atoms with Gasteiger partial charge in [-0.15, -0.1) is 5.10 Å². The van der Waals surface area contributed by atoms with Gasteiger partial charge in [-0.3, -0.25) is 14.4 Å². The molecule has 9 heteroatoms. The van der Waals surface area contributed by atoms with Crippen molar-refractivity contribution >= 4 is 17.8 Å². The van der Waals surface area contributed by atoms with Crippen molar-refractivity contribution < 1.29 is 19.5 Å². The van der Waals surface area contributed by atoms with Crippen LogP contribution in [-0.2, 0) is 27.5 Å². The normalized spacial score (nSPS) is 23.1. The maximum atomic E-state index is 12.3. The third-order valence-corrected chi connectivity index (χ3v) is 5.50. The van der Waals surface area contributed by atoms with Gasteiger partial charge in [0.15, 0.2) is 0 Å². The molecule has 0 atom stereocenters. The van der Waals surface area contributed by atoms with Crippen molar-refractivity contribution in [2.45, 2.75) is 70.5 Å². The largest absolute Gasteiger partial charge is 0.480 e. The quantitative estimate of drug-likeness (QED) is 0.646. The summed E-state index contributed by atoms with van der Waals surface area (Å²) in [7, 11) is 0. The number of nitrogens with one attached hydrogen (secondary N) is 2. The Hall–Kier alpha value is -2.45. The van der Waals surface area contributed by atoms with Crippen LogP contribution in [0.3, 0.4) is 0 Å². The molecule has 0 aromatic carbocycles. The molecule has 0 aliphatic heterocycles. The van der Waals surface area contributed by atoms with Gasteiger partial charge in [0.05, 0.1) is 12.7 Å². The second-order valence-electron chi connectivity index (χ2n) is 7.56. The van der Waals surface area contributed by atoms with E-state index in [0.717, 1.165) is 51.4 Å². The minimum absolute atomic E-state index is 0.0247. The second-order valence-corrected chi connectivity index (χ2v) is 7.56. The van der Waals surface area contributed by atoms with Crippen LogP contribution < -0.4 is 10.6 Å². The Bertz CT molecular complexity index is 675. The Morgan fingerprint density at radius 1 is 1.04 bits per heavy atom. The van der Waals surface area contributed by atoms with Crippen LogP contribution in [0.25, 0.3) is 0 Å². The number of nitrogens with zero attached hydrogens (tertiary/aromatic N) is 3. The molecular weight excluding hydrogens is 350 g/mol. The maximum absolute atomic E-state index is 12.3. The first-order valence-electron chi connectivity index (χ1n) is 9.70. The van der Waals surface area contributed by atoms with E-state index < -0.39 is 5.97 Å². The number of amides is 2. The monoisotopic (exact) mass is 377 g/mol. The van der Waals surface area contributed by atoms with Crippen LogP contribution in [0.15, 0.2) is 6.20 Å². The van der Waals surface area contributed by atoms with Crippen LogP contribution in [0.1, 0.15) is 57.1 Å². The van der Waals surface area contributed by atoms with Crippen molar-refractivity contribution in [1.82, 2.24) is 25.6 Å². The Morgan fingerprint density at radius 3 is 2.37 bits per heavy atom. The number of rotatable bonds is 7. The Kier molecular flexibility index (Phi) is 6.41. The molecule has 1 aromatic rings. The maximum Gasteiger partial charge on any atom is 0.325 e. The number of carboxylic acids is 1. The molecule has 0 spiro atoms. The van der Waals surface area contributed by atoms with E-state index in [2.05, 4.69) is 20.9 Å². The van der Waals surface area contributed by atoms with Crippen molar-refractivity contribution in [2.75, 3.05) is 0 Å². The smallest absolute Gasteiger partial charge is 0.325 e. The van der Waals surface area contributed by atoms with Crippen LogP contribution in [0, 0.1) is 11.8 Å². The summed E-state index contributed by atoms with van der Waals surface area (Å²) in [4.78, 5) is 35.2. The number of hydrogen-bond donors (Lipinski definition) is 3. The summed E-state index contributed by atoms with van der Waals surface area (Å²) >= 11 is 0. The predicted molar refractivity (Wildman–Crippen MR) is 95.4 cm³/mol. The summed E-state index contributed by atoms with van der Waals surface area (Å²) in [5, 5.41) is 22.3. The van der Waals surface area contributed by atoms with Gasteiger partial charge in [-0.2, -0.15) is 0 Å². The van der Waals surface area contributed by atoms with Crippen LogP contribution >= 0.6 is 0 Å². The number of carbonyl (C=O) groups excluding carboxylic acids is 2. The number of hydrogen-bond acceptors (Lipinski definition) is 5. The van der Waals surface area contributed by atoms with E-state index in [9.17, 15) is 14.4 Å². The molecule has 3 N–H and O–H groups in total. The summed E-state index contributed by atoms with van der Waals surface area (Å²) < 4.78 is 1.22. The molecule has 0 saturated heterocycles. The third kappa shape index (κ3) is 5.51. The fraction of sp³-hybridized carbons (Fsp3) is 0.722. The Labute approximate surface area is 157 Å². The summed E-state index contributed by atoms with van der Waals surface area (Å²) in [5.41, 5.74) is 0.530. The topological polar surface area (TPSA) is 126 Å². The summed E-state index contributed by atoms with van der Waals surface area (Å²) in [6.45, 7) is -0.0195. The molecule has 9 nitrogen and oxygen atoms in total.